The highest BCUT2D eigenvalue weighted by Crippen LogP contribution is 2.28. The Labute approximate surface area is 127 Å². The topological polar surface area (TPSA) is 66.0 Å². The zero-order chi connectivity index (χ0) is 15.1. The Kier molecular flexibility index (Phi) is 6.14. The average Bonchev–Trinajstić information content (AvgIpc) is 3.30. The van der Waals surface area contributed by atoms with Crippen molar-refractivity contribution in [3.05, 3.63) is 0 Å². The van der Waals surface area contributed by atoms with Gasteiger partial charge in [-0.2, -0.15) is 0 Å². The van der Waals surface area contributed by atoms with Gasteiger partial charge >= 0.3 is 6.09 Å². The molecule has 0 aromatic rings. The molecule has 1 saturated carbocycles. The molecule has 0 aromatic carbocycles. The van der Waals surface area contributed by atoms with Gasteiger partial charge in [0.15, 0.2) is 5.96 Å². The minimum absolute atomic E-state index is 0.190. The number of carbonyl (C=O) groups excluding carboxylic acids is 1. The summed E-state index contributed by atoms with van der Waals surface area (Å²) in [5, 5.41) is 6.79. The molecule has 2 fully saturated rings. The van der Waals surface area contributed by atoms with E-state index in [-0.39, 0.29) is 6.09 Å². The van der Waals surface area contributed by atoms with Crippen LogP contribution in [0.25, 0.3) is 0 Å². The summed E-state index contributed by atoms with van der Waals surface area (Å²) in [6, 6.07) is 0.382. The van der Waals surface area contributed by atoms with Crippen molar-refractivity contribution < 1.29 is 9.53 Å². The molecule has 2 N–H and O–H groups in total. The van der Waals surface area contributed by atoms with Crippen LogP contribution in [0.15, 0.2) is 4.99 Å². The second kappa shape index (κ2) is 8.10. The number of ether oxygens (including phenoxy) is 1. The van der Waals surface area contributed by atoms with Gasteiger partial charge in [0.1, 0.15) is 0 Å². The van der Waals surface area contributed by atoms with Gasteiger partial charge in [0.25, 0.3) is 0 Å². The maximum Gasteiger partial charge on any atom is 0.409 e. The largest absolute Gasteiger partial charge is 0.450 e. The number of aliphatic imine (C=N–C) groups is 1. The smallest absolute Gasteiger partial charge is 0.409 e. The highest BCUT2D eigenvalue weighted by molar-refractivity contribution is 5.80. The Bertz CT molecular complexity index is 361. The number of rotatable bonds is 5. The summed E-state index contributed by atoms with van der Waals surface area (Å²) in [7, 11) is 0. The van der Waals surface area contributed by atoms with Gasteiger partial charge in [-0.25, -0.2) is 4.79 Å². The fraction of sp³-hybridized carbons (Fsp3) is 0.867. The molecule has 0 radical (unpaired) electrons. The first-order valence-corrected chi connectivity index (χ1v) is 8.19. The van der Waals surface area contributed by atoms with E-state index in [0.29, 0.717) is 12.6 Å². The van der Waals surface area contributed by atoms with Crippen molar-refractivity contribution in [2.24, 2.45) is 10.9 Å². The van der Waals surface area contributed by atoms with Gasteiger partial charge in [-0.15, -0.1) is 0 Å². The van der Waals surface area contributed by atoms with Crippen LogP contribution in [0.2, 0.25) is 0 Å². The number of hydrogen-bond acceptors (Lipinski definition) is 3. The molecule has 120 valence electrons. The predicted octanol–water partition coefficient (Wildman–Crippen LogP) is 1.57. The maximum atomic E-state index is 11.7. The van der Waals surface area contributed by atoms with E-state index in [2.05, 4.69) is 22.5 Å². The summed E-state index contributed by atoms with van der Waals surface area (Å²) in [6.45, 7) is 7.66. The fourth-order valence-electron chi connectivity index (χ4n) is 2.46. The third kappa shape index (κ3) is 5.44. The van der Waals surface area contributed by atoms with Crippen LogP contribution in [0.1, 0.15) is 39.5 Å². The number of likely N-dealkylation sites (tertiary alicyclic amines) is 1. The quantitative estimate of drug-likeness (QED) is 0.597. The summed E-state index contributed by atoms with van der Waals surface area (Å²) in [5.74, 6) is 1.71. The van der Waals surface area contributed by atoms with Crippen molar-refractivity contribution in [1.29, 1.82) is 0 Å². The van der Waals surface area contributed by atoms with Crippen molar-refractivity contribution in [3.8, 4) is 0 Å². The molecular formula is C15H28N4O2. The molecule has 2 aliphatic rings. The summed E-state index contributed by atoms with van der Waals surface area (Å²) in [5.41, 5.74) is 0. The molecule has 0 aromatic heterocycles. The zero-order valence-electron chi connectivity index (χ0n) is 13.2. The standard InChI is InChI=1S/C15H28N4O2/c1-3-16-14(17-11-12-5-6-12)18-13-7-9-19(10-8-13)15(20)21-4-2/h12-13H,3-11H2,1-2H3,(H2,16,17,18). The molecule has 0 atom stereocenters. The lowest BCUT2D eigenvalue weighted by Crippen LogP contribution is -2.50. The number of hydrogen-bond donors (Lipinski definition) is 2. The molecule has 6 nitrogen and oxygen atoms in total. The minimum Gasteiger partial charge on any atom is -0.450 e. The summed E-state index contributed by atoms with van der Waals surface area (Å²) >= 11 is 0. The molecule has 1 amide bonds. The van der Waals surface area contributed by atoms with E-state index >= 15 is 0 Å². The Morgan fingerprint density at radius 3 is 2.52 bits per heavy atom. The van der Waals surface area contributed by atoms with E-state index in [1.807, 2.05) is 6.92 Å². The van der Waals surface area contributed by atoms with Crippen LogP contribution in [-0.4, -0.2) is 55.8 Å². The molecule has 0 spiro atoms. The van der Waals surface area contributed by atoms with Gasteiger partial charge in [-0.3, -0.25) is 4.99 Å². The highest BCUT2D eigenvalue weighted by atomic mass is 16.6. The number of nitrogens with one attached hydrogen (secondary N) is 2. The maximum absolute atomic E-state index is 11.7. The van der Waals surface area contributed by atoms with Crippen LogP contribution < -0.4 is 10.6 Å². The average molecular weight is 296 g/mol. The lowest BCUT2D eigenvalue weighted by Gasteiger charge is -2.32. The van der Waals surface area contributed by atoms with Crippen LogP contribution in [0.3, 0.4) is 0 Å². The Morgan fingerprint density at radius 1 is 1.24 bits per heavy atom. The molecular weight excluding hydrogens is 268 g/mol. The number of guanidine groups is 1. The first-order chi connectivity index (χ1) is 10.2. The second-order valence-electron chi connectivity index (χ2n) is 5.77. The third-order valence-corrected chi connectivity index (χ3v) is 3.91. The first-order valence-electron chi connectivity index (χ1n) is 8.19. The minimum atomic E-state index is -0.190. The van der Waals surface area contributed by atoms with Crippen LogP contribution in [0.4, 0.5) is 4.79 Å². The number of carbonyl (C=O) groups is 1. The van der Waals surface area contributed by atoms with Gasteiger partial charge in [0.05, 0.1) is 6.61 Å². The molecule has 21 heavy (non-hydrogen) atoms. The molecule has 2 rings (SSSR count). The third-order valence-electron chi connectivity index (χ3n) is 3.91. The number of amides is 1. The van der Waals surface area contributed by atoms with Crippen LogP contribution in [0, 0.1) is 5.92 Å². The Hall–Kier alpha value is -1.46. The SMILES string of the molecule is CCNC(=NCC1CC1)NC1CCN(C(=O)OCC)CC1. The van der Waals surface area contributed by atoms with Crippen LogP contribution in [-0.2, 0) is 4.74 Å². The number of piperidine rings is 1. The van der Waals surface area contributed by atoms with Crippen molar-refractivity contribution >= 4 is 12.1 Å². The molecule has 6 heteroatoms. The molecule has 0 unspecified atom stereocenters. The molecule has 1 aliphatic heterocycles. The second-order valence-corrected chi connectivity index (χ2v) is 5.77. The van der Waals surface area contributed by atoms with E-state index in [1.165, 1.54) is 12.8 Å². The van der Waals surface area contributed by atoms with Gasteiger partial charge in [0.2, 0.25) is 0 Å². The number of nitrogens with zero attached hydrogens (tertiary/aromatic N) is 2. The lowest BCUT2D eigenvalue weighted by atomic mass is 10.1. The van der Waals surface area contributed by atoms with E-state index in [4.69, 9.17) is 4.74 Å². The zero-order valence-corrected chi connectivity index (χ0v) is 13.2. The van der Waals surface area contributed by atoms with Crippen molar-refractivity contribution in [1.82, 2.24) is 15.5 Å². The Morgan fingerprint density at radius 2 is 1.95 bits per heavy atom. The molecule has 0 bridgehead atoms. The first kappa shape index (κ1) is 15.9. The van der Waals surface area contributed by atoms with Gasteiger partial charge in [-0.1, -0.05) is 0 Å². The van der Waals surface area contributed by atoms with E-state index in [0.717, 1.165) is 50.9 Å². The van der Waals surface area contributed by atoms with Gasteiger partial charge in [0, 0.05) is 32.2 Å². The summed E-state index contributed by atoms with van der Waals surface area (Å²) in [6.07, 6.45) is 4.33. The van der Waals surface area contributed by atoms with E-state index < -0.39 is 0 Å². The van der Waals surface area contributed by atoms with Gasteiger partial charge in [-0.05, 0) is 45.4 Å². The van der Waals surface area contributed by atoms with E-state index in [1.54, 1.807) is 4.90 Å². The molecule has 1 aliphatic carbocycles. The molecule has 1 heterocycles. The molecule has 1 saturated heterocycles. The van der Waals surface area contributed by atoms with Crippen molar-refractivity contribution in [2.45, 2.75) is 45.6 Å². The van der Waals surface area contributed by atoms with Crippen molar-refractivity contribution in [2.75, 3.05) is 32.8 Å². The lowest BCUT2D eigenvalue weighted by molar-refractivity contribution is 0.0963. The summed E-state index contributed by atoms with van der Waals surface area (Å²) in [4.78, 5) is 18.1. The summed E-state index contributed by atoms with van der Waals surface area (Å²) < 4.78 is 5.04. The highest BCUT2D eigenvalue weighted by Gasteiger charge is 2.24. The predicted molar refractivity (Wildman–Crippen MR) is 83.5 cm³/mol. The van der Waals surface area contributed by atoms with E-state index in [9.17, 15) is 4.79 Å². The monoisotopic (exact) mass is 296 g/mol. The normalized spacial score (nSPS) is 20.3. The van der Waals surface area contributed by atoms with Crippen LogP contribution >= 0.6 is 0 Å². The van der Waals surface area contributed by atoms with Crippen molar-refractivity contribution in [3.63, 3.8) is 0 Å². The fourth-order valence-corrected chi connectivity index (χ4v) is 2.46. The van der Waals surface area contributed by atoms with Gasteiger partial charge < -0.3 is 20.3 Å². The van der Waals surface area contributed by atoms with Crippen LogP contribution in [0.5, 0.6) is 0 Å². The Balaban J connectivity index is 1.74.